The Morgan fingerprint density at radius 2 is 2.00 bits per heavy atom. The van der Waals surface area contributed by atoms with Crippen LogP contribution in [0.3, 0.4) is 0 Å². The van der Waals surface area contributed by atoms with E-state index in [0.29, 0.717) is 0 Å². The summed E-state index contributed by atoms with van der Waals surface area (Å²) < 4.78 is 4.88. The molecule has 19 heavy (non-hydrogen) atoms. The molecule has 0 aliphatic carbocycles. The fourth-order valence-electron chi connectivity index (χ4n) is 2.81. The fourth-order valence-corrected chi connectivity index (χ4v) is 2.81. The Morgan fingerprint density at radius 1 is 1.32 bits per heavy atom. The van der Waals surface area contributed by atoms with Crippen LogP contribution in [-0.2, 0) is 9.53 Å². The molecule has 112 valence electrons. The van der Waals surface area contributed by atoms with Crippen molar-refractivity contribution >= 4 is 5.97 Å². The zero-order valence-electron chi connectivity index (χ0n) is 12.8. The zero-order chi connectivity index (χ0) is 14.1. The summed E-state index contributed by atoms with van der Waals surface area (Å²) in [7, 11) is 1.47. The lowest BCUT2D eigenvalue weighted by atomic mass is 9.92. The molecule has 1 rings (SSSR count). The molecule has 0 aromatic rings. The van der Waals surface area contributed by atoms with Crippen molar-refractivity contribution in [2.45, 2.75) is 52.0 Å². The number of carbonyl (C=O) groups is 1. The molecule has 1 fully saturated rings. The van der Waals surface area contributed by atoms with E-state index in [1.165, 1.54) is 32.8 Å². The maximum absolute atomic E-state index is 11.7. The molecule has 0 aromatic carbocycles. The highest BCUT2D eigenvalue weighted by atomic mass is 16.5. The molecule has 1 aliphatic heterocycles. The van der Waals surface area contributed by atoms with Crippen molar-refractivity contribution in [3.63, 3.8) is 0 Å². The second-order valence-corrected chi connectivity index (χ2v) is 5.56. The maximum Gasteiger partial charge on any atom is 0.324 e. The lowest BCUT2D eigenvalue weighted by Crippen LogP contribution is -2.48. The highest BCUT2D eigenvalue weighted by Crippen LogP contribution is 2.21. The predicted molar refractivity (Wildman–Crippen MR) is 78.2 cm³/mol. The van der Waals surface area contributed by atoms with Crippen molar-refractivity contribution in [1.29, 1.82) is 0 Å². The number of nitrogens with zero attached hydrogens (tertiary/aromatic N) is 1. The van der Waals surface area contributed by atoms with Gasteiger partial charge in [-0.15, -0.1) is 0 Å². The van der Waals surface area contributed by atoms with Gasteiger partial charge in [-0.2, -0.15) is 0 Å². The Labute approximate surface area is 117 Å². The average Bonchev–Trinajstić information content (AvgIpc) is 2.44. The van der Waals surface area contributed by atoms with E-state index in [-0.39, 0.29) is 12.0 Å². The summed E-state index contributed by atoms with van der Waals surface area (Å²) >= 11 is 0. The van der Waals surface area contributed by atoms with Crippen molar-refractivity contribution in [3.8, 4) is 0 Å². The van der Waals surface area contributed by atoms with Crippen LogP contribution in [0.1, 0.15) is 46.0 Å². The monoisotopic (exact) mass is 270 g/mol. The fraction of sp³-hybridized carbons (Fsp3) is 0.933. The third-order valence-electron chi connectivity index (χ3n) is 3.97. The molecule has 0 bridgehead atoms. The highest BCUT2D eigenvalue weighted by Gasteiger charge is 2.25. The number of ether oxygens (including phenoxy) is 1. The molecule has 0 spiro atoms. The summed E-state index contributed by atoms with van der Waals surface area (Å²) in [6.45, 7) is 8.25. The van der Waals surface area contributed by atoms with Gasteiger partial charge in [-0.05, 0) is 44.8 Å². The number of piperidine rings is 1. The summed E-state index contributed by atoms with van der Waals surface area (Å²) in [4.78, 5) is 14.1. The summed E-state index contributed by atoms with van der Waals surface area (Å²) in [6, 6.07) is -0.173. The van der Waals surface area contributed by atoms with Crippen molar-refractivity contribution < 1.29 is 9.53 Å². The van der Waals surface area contributed by atoms with Gasteiger partial charge in [0.05, 0.1) is 7.11 Å². The number of likely N-dealkylation sites (tertiary alicyclic amines) is 1. The highest BCUT2D eigenvalue weighted by molar-refractivity contribution is 5.75. The van der Waals surface area contributed by atoms with E-state index in [9.17, 15) is 4.79 Å². The van der Waals surface area contributed by atoms with Gasteiger partial charge in [0.15, 0.2) is 0 Å². The standard InChI is InChI=1S/C15H30N2O2/c1-4-6-13-7-10-17(11-8-13)12-14(15(18)19-3)16-9-5-2/h13-14,16H,4-12H2,1-3H3. The Bertz CT molecular complexity index is 251. The molecule has 1 atom stereocenters. The van der Waals surface area contributed by atoms with Crippen molar-refractivity contribution in [2.75, 3.05) is 33.3 Å². The minimum absolute atomic E-state index is 0.135. The number of rotatable bonds is 8. The van der Waals surface area contributed by atoms with Crippen LogP contribution in [-0.4, -0.2) is 50.2 Å². The van der Waals surface area contributed by atoms with Crippen molar-refractivity contribution in [3.05, 3.63) is 0 Å². The van der Waals surface area contributed by atoms with Gasteiger partial charge in [-0.3, -0.25) is 4.79 Å². The van der Waals surface area contributed by atoms with Gasteiger partial charge in [0.2, 0.25) is 0 Å². The molecule has 0 aromatic heterocycles. The third kappa shape index (κ3) is 5.91. The van der Waals surface area contributed by atoms with E-state index in [0.717, 1.165) is 38.5 Å². The summed E-state index contributed by atoms with van der Waals surface area (Å²) in [5, 5.41) is 3.29. The van der Waals surface area contributed by atoms with Crippen LogP contribution < -0.4 is 5.32 Å². The lowest BCUT2D eigenvalue weighted by molar-refractivity contribution is -0.143. The van der Waals surface area contributed by atoms with E-state index >= 15 is 0 Å². The van der Waals surface area contributed by atoms with Gasteiger partial charge in [0.1, 0.15) is 6.04 Å². The van der Waals surface area contributed by atoms with Crippen LogP contribution in [0.25, 0.3) is 0 Å². The lowest BCUT2D eigenvalue weighted by Gasteiger charge is -2.33. The quantitative estimate of drug-likeness (QED) is 0.685. The maximum atomic E-state index is 11.7. The van der Waals surface area contributed by atoms with Gasteiger partial charge in [-0.1, -0.05) is 26.7 Å². The zero-order valence-corrected chi connectivity index (χ0v) is 12.8. The normalized spacial score (nSPS) is 19.3. The number of nitrogens with one attached hydrogen (secondary N) is 1. The molecule has 1 aliphatic rings. The first kappa shape index (κ1) is 16.4. The van der Waals surface area contributed by atoms with E-state index in [2.05, 4.69) is 24.1 Å². The van der Waals surface area contributed by atoms with Gasteiger partial charge in [0, 0.05) is 6.54 Å². The number of esters is 1. The Balaban J connectivity index is 2.36. The summed E-state index contributed by atoms with van der Waals surface area (Å²) in [5.74, 6) is 0.755. The minimum atomic E-state index is -0.173. The molecule has 1 heterocycles. The molecule has 4 nitrogen and oxygen atoms in total. The molecule has 1 unspecified atom stereocenters. The first-order valence-corrected chi connectivity index (χ1v) is 7.74. The summed E-state index contributed by atoms with van der Waals surface area (Å²) in [5.41, 5.74) is 0. The first-order chi connectivity index (χ1) is 9.21. The van der Waals surface area contributed by atoms with Crippen LogP contribution in [0.5, 0.6) is 0 Å². The molecular weight excluding hydrogens is 240 g/mol. The Morgan fingerprint density at radius 3 is 2.53 bits per heavy atom. The van der Waals surface area contributed by atoms with E-state index in [4.69, 9.17) is 4.74 Å². The molecule has 1 saturated heterocycles. The van der Waals surface area contributed by atoms with Crippen LogP contribution in [0.4, 0.5) is 0 Å². The topological polar surface area (TPSA) is 41.6 Å². The van der Waals surface area contributed by atoms with Crippen LogP contribution in [0, 0.1) is 5.92 Å². The number of hydrogen-bond donors (Lipinski definition) is 1. The predicted octanol–water partition coefficient (Wildman–Crippen LogP) is 2.04. The van der Waals surface area contributed by atoms with E-state index in [1.807, 2.05) is 0 Å². The van der Waals surface area contributed by atoms with Crippen LogP contribution in [0.15, 0.2) is 0 Å². The van der Waals surface area contributed by atoms with Crippen molar-refractivity contribution in [2.24, 2.45) is 5.92 Å². The molecule has 0 saturated carbocycles. The smallest absolute Gasteiger partial charge is 0.324 e. The molecule has 4 heteroatoms. The average molecular weight is 270 g/mol. The van der Waals surface area contributed by atoms with E-state index < -0.39 is 0 Å². The van der Waals surface area contributed by atoms with Crippen molar-refractivity contribution in [1.82, 2.24) is 10.2 Å². The summed E-state index contributed by atoms with van der Waals surface area (Å²) in [6.07, 6.45) is 6.22. The third-order valence-corrected chi connectivity index (χ3v) is 3.97. The van der Waals surface area contributed by atoms with Gasteiger partial charge < -0.3 is 15.0 Å². The van der Waals surface area contributed by atoms with Gasteiger partial charge >= 0.3 is 5.97 Å². The molecular formula is C15H30N2O2. The van der Waals surface area contributed by atoms with E-state index in [1.54, 1.807) is 0 Å². The first-order valence-electron chi connectivity index (χ1n) is 7.74. The van der Waals surface area contributed by atoms with Gasteiger partial charge in [-0.25, -0.2) is 0 Å². The largest absolute Gasteiger partial charge is 0.468 e. The number of methoxy groups -OCH3 is 1. The minimum Gasteiger partial charge on any atom is -0.468 e. The number of hydrogen-bond acceptors (Lipinski definition) is 4. The SMILES string of the molecule is CCCNC(CN1CCC(CCC)CC1)C(=O)OC. The van der Waals surface area contributed by atoms with Gasteiger partial charge in [0.25, 0.3) is 0 Å². The molecule has 0 amide bonds. The second-order valence-electron chi connectivity index (χ2n) is 5.56. The molecule has 1 N–H and O–H groups in total. The van der Waals surface area contributed by atoms with Crippen LogP contribution in [0.2, 0.25) is 0 Å². The number of carbonyl (C=O) groups excluding carboxylic acids is 1. The molecule has 0 radical (unpaired) electrons. The second kappa shape index (κ2) is 9.32. The Hall–Kier alpha value is -0.610. The Kier molecular flexibility index (Phi) is 8.07. The van der Waals surface area contributed by atoms with Crippen LogP contribution >= 0.6 is 0 Å².